The van der Waals surface area contributed by atoms with Crippen LogP contribution >= 0.6 is 0 Å². The van der Waals surface area contributed by atoms with Crippen LogP contribution in [-0.4, -0.2) is 17.0 Å². The van der Waals surface area contributed by atoms with Gasteiger partial charge in [-0.1, -0.05) is 29.7 Å². The first-order valence-corrected chi connectivity index (χ1v) is 3.24. The highest BCUT2D eigenvalue weighted by Gasteiger charge is 2.49. The van der Waals surface area contributed by atoms with Gasteiger partial charge in [-0.2, -0.15) is 0 Å². The quantitative estimate of drug-likeness (QED) is 0.492. The summed E-state index contributed by atoms with van der Waals surface area (Å²) in [5, 5.41) is -1.84. The van der Waals surface area contributed by atoms with Gasteiger partial charge in [0.1, 0.15) is 0 Å². The molecule has 0 aliphatic carbocycles. The first-order valence-electron chi connectivity index (χ1n) is 3.24. The third-order valence-corrected chi connectivity index (χ3v) is 1.56. The molecule has 0 aromatic rings. The van der Waals surface area contributed by atoms with E-state index in [-0.39, 0.29) is 0 Å². The highest BCUT2D eigenvalue weighted by molar-refractivity contribution is 5.83. The molecule has 1 unspecified atom stereocenters. The first kappa shape index (κ1) is 11.2. The summed E-state index contributed by atoms with van der Waals surface area (Å²) in [6, 6.07) is 0. The molecule has 0 fully saturated rings. The van der Waals surface area contributed by atoms with E-state index in [1.807, 2.05) is 0 Å². The maximum atomic E-state index is 13.1. The minimum atomic E-state index is -3.05. The monoisotopic (exact) mass is 184 g/mol. The van der Waals surface area contributed by atoms with Crippen molar-refractivity contribution >= 4 is 5.91 Å². The van der Waals surface area contributed by atoms with Crippen LogP contribution in [0.2, 0.25) is 0 Å². The van der Waals surface area contributed by atoms with Crippen LogP contribution in [0, 0.1) is 5.41 Å². The molecule has 0 spiro atoms. The summed E-state index contributed by atoms with van der Waals surface area (Å²) < 4.78 is 36.4. The zero-order valence-corrected chi connectivity index (χ0v) is 7.07. The average molecular weight is 184 g/mol. The summed E-state index contributed by atoms with van der Waals surface area (Å²) in [4.78, 5) is 10.5. The smallest absolute Gasteiger partial charge is 0.290 e. The number of alkyl halides is 1. The largest absolute Gasteiger partial charge is 0.335 e. The molecule has 0 aliphatic heterocycles. The molecule has 1 amide bonds. The number of carbonyl (C=O) groups excluding carboxylic acids is 1. The van der Waals surface area contributed by atoms with Crippen molar-refractivity contribution in [3.05, 3.63) is 0 Å². The Morgan fingerprint density at radius 3 is 1.75 bits per heavy atom. The maximum absolute atomic E-state index is 13.1. The number of amides is 1. The van der Waals surface area contributed by atoms with E-state index < -0.39 is 22.5 Å². The van der Waals surface area contributed by atoms with Crippen molar-refractivity contribution < 1.29 is 18.1 Å². The highest BCUT2D eigenvalue weighted by atomic mass is 19.4. The molecule has 0 saturated carbocycles. The van der Waals surface area contributed by atoms with Gasteiger partial charge in [0, 0.05) is 10.8 Å². The summed E-state index contributed by atoms with van der Waals surface area (Å²) in [5.74, 6) is -5.08. The summed E-state index contributed by atoms with van der Waals surface area (Å²) in [6.45, 7) is 3.78. The van der Waals surface area contributed by atoms with Crippen molar-refractivity contribution in [1.82, 2.24) is 5.34 Å². The van der Waals surface area contributed by atoms with Crippen LogP contribution in [0.4, 0.5) is 13.4 Å². The lowest BCUT2D eigenvalue weighted by Gasteiger charge is -2.31. The van der Waals surface area contributed by atoms with Crippen LogP contribution in [-0.2, 0) is 4.79 Å². The van der Waals surface area contributed by atoms with Gasteiger partial charge in [0.15, 0.2) is 0 Å². The topological polar surface area (TPSA) is 46.3 Å². The van der Waals surface area contributed by atoms with Crippen molar-refractivity contribution in [1.29, 1.82) is 0 Å². The van der Waals surface area contributed by atoms with Crippen LogP contribution in [0.15, 0.2) is 0 Å². The molecule has 0 heterocycles. The van der Waals surface area contributed by atoms with Gasteiger partial charge in [0.2, 0.25) is 5.79 Å². The zero-order chi connectivity index (χ0) is 10.2. The molecule has 6 heteroatoms. The molecular formula is C6H11F3N2O. The zero-order valence-electron chi connectivity index (χ0n) is 7.07. The molecule has 0 aromatic heterocycles. The number of hydrogen-bond donors (Lipinski definition) is 1. The molecule has 1 atom stereocenters. The van der Waals surface area contributed by atoms with Gasteiger partial charge in [-0.15, -0.1) is 0 Å². The third-order valence-electron chi connectivity index (χ3n) is 1.56. The van der Waals surface area contributed by atoms with Crippen LogP contribution < -0.4 is 5.73 Å². The highest BCUT2D eigenvalue weighted by Crippen LogP contribution is 2.31. The van der Waals surface area contributed by atoms with E-state index in [0.717, 1.165) is 0 Å². The summed E-state index contributed by atoms with van der Waals surface area (Å²) in [7, 11) is 0. The van der Waals surface area contributed by atoms with Gasteiger partial charge in [-0.3, -0.25) is 10.5 Å². The predicted molar refractivity (Wildman–Crippen MR) is 36.5 cm³/mol. The number of halogens is 3. The van der Waals surface area contributed by atoms with E-state index >= 15 is 0 Å². The Balaban J connectivity index is 4.74. The molecular weight excluding hydrogens is 173 g/mol. The van der Waals surface area contributed by atoms with Gasteiger partial charge in [-0.05, 0) is 0 Å². The van der Waals surface area contributed by atoms with Crippen LogP contribution in [0.3, 0.4) is 0 Å². The fraction of sp³-hybridized carbons (Fsp3) is 0.833. The van der Waals surface area contributed by atoms with Crippen molar-refractivity contribution in [2.75, 3.05) is 0 Å². The van der Waals surface area contributed by atoms with E-state index in [1.54, 1.807) is 0 Å². The Labute approximate surface area is 68.2 Å². The Kier molecular flexibility index (Phi) is 2.74. The van der Waals surface area contributed by atoms with E-state index in [2.05, 4.69) is 0 Å². The number of nitrogens with zero attached hydrogens (tertiary/aromatic N) is 1. The second-order valence-electron chi connectivity index (χ2n) is 3.50. The molecule has 0 bridgehead atoms. The summed E-state index contributed by atoms with van der Waals surface area (Å²) in [5.41, 5.74) is 3.44. The molecule has 72 valence electrons. The first-order chi connectivity index (χ1) is 5.10. The molecule has 0 radical (unpaired) electrons. The van der Waals surface area contributed by atoms with Crippen molar-refractivity contribution in [3.8, 4) is 0 Å². The Morgan fingerprint density at radius 2 is 1.67 bits per heavy atom. The second kappa shape index (κ2) is 2.93. The number of rotatable bonds is 1. The van der Waals surface area contributed by atoms with Crippen LogP contribution in [0.5, 0.6) is 0 Å². The second-order valence-corrected chi connectivity index (χ2v) is 3.50. The van der Waals surface area contributed by atoms with Gasteiger partial charge in [0.25, 0.3) is 0 Å². The Morgan fingerprint density at radius 1 is 1.33 bits per heavy atom. The minimum Gasteiger partial charge on any atom is -0.290 e. The lowest BCUT2D eigenvalue weighted by atomic mass is 9.84. The van der Waals surface area contributed by atoms with Crippen molar-refractivity contribution in [2.24, 2.45) is 11.1 Å². The van der Waals surface area contributed by atoms with Crippen molar-refractivity contribution in [3.63, 3.8) is 0 Å². The summed E-state index contributed by atoms with van der Waals surface area (Å²) >= 11 is 0. The fourth-order valence-corrected chi connectivity index (χ4v) is 0.444. The normalized spacial score (nSPS) is 16.9. The molecule has 12 heavy (non-hydrogen) atoms. The van der Waals surface area contributed by atoms with Gasteiger partial charge in [0.05, 0.1) is 0 Å². The maximum Gasteiger partial charge on any atom is 0.335 e. The lowest BCUT2D eigenvalue weighted by molar-refractivity contribution is -0.207. The molecule has 0 saturated heterocycles. The van der Waals surface area contributed by atoms with Gasteiger partial charge >= 0.3 is 5.91 Å². The molecule has 3 nitrogen and oxygen atoms in total. The standard InChI is InChI=1S/C6H11F3N2O/c1-5(2,3)6(7,10)4(12)11(8)9/h10H2,1-3H3. The van der Waals surface area contributed by atoms with Crippen LogP contribution in [0.25, 0.3) is 0 Å². The van der Waals surface area contributed by atoms with E-state index in [9.17, 15) is 18.1 Å². The Hall–Kier alpha value is -0.780. The third kappa shape index (κ3) is 1.88. The molecule has 0 aromatic carbocycles. The molecule has 2 N–H and O–H groups in total. The molecule has 0 rings (SSSR count). The van der Waals surface area contributed by atoms with Crippen LogP contribution in [0.1, 0.15) is 20.8 Å². The number of carbonyl (C=O) groups is 1. The van der Waals surface area contributed by atoms with E-state index in [4.69, 9.17) is 5.73 Å². The SMILES string of the molecule is CC(C)(C)C(N)(F)C(=O)N(F)F. The van der Waals surface area contributed by atoms with E-state index in [1.165, 1.54) is 20.8 Å². The number of nitrogens with two attached hydrogens (primary N) is 1. The van der Waals surface area contributed by atoms with Gasteiger partial charge < -0.3 is 0 Å². The fourth-order valence-electron chi connectivity index (χ4n) is 0.444. The number of hydrogen-bond acceptors (Lipinski definition) is 2. The van der Waals surface area contributed by atoms with Gasteiger partial charge in [-0.25, -0.2) is 4.39 Å². The van der Waals surface area contributed by atoms with E-state index in [0.29, 0.717) is 0 Å². The molecule has 0 aliphatic rings. The Bertz CT molecular complexity index is 186. The van der Waals surface area contributed by atoms with Crippen molar-refractivity contribution in [2.45, 2.75) is 26.6 Å². The lowest BCUT2D eigenvalue weighted by Crippen LogP contribution is -2.56. The minimum absolute atomic E-state index is 1.26. The summed E-state index contributed by atoms with van der Waals surface area (Å²) in [6.07, 6.45) is 0. The predicted octanol–water partition coefficient (Wildman–Crippen LogP) is 1.25. The average Bonchev–Trinajstić information content (AvgIpc) is 1.83.